The minimum absolute atomic E-state index is 0.0114. The van der Waals surface area contributed by atoms with Gasteiger partial charge in [-0.25, -0.2) is 13.6 Å². The van der Waals surface area contributed by atoms with Crippen LogP contribution in [0.4, 0.5) is 11.4 Å². The van der Waals surface area contributed by atoms with Gasteiger partial charge in [0.2, 0.25) is 16.1 Å². The smallest absolute Gasteiger partial charge is 0.281 e. The van der Waals surface area contributed by atoms with E-state index >= 15 is 0 Å². The van der Waals surface area contributed by atoms with Crippen molar-refractivity contribution in [2.45, 2.75) is 17.5 Å². The molecule has 10 nitrogen and oxygen atoms in total. The Morgan fingerprint density at radius 3 is 2.57 bits per heavy atom. The zero-order chi connectivity index (χ0) is 20.3. The van der Waals surface area contributed by atoms with Crippen LogP contribution in [0.5, 0.6) is 0 Å². The average molecular weight is 398 g/mol. The van der Waals surface area contributed by atoms with Gasteiger partial charge in [-0.3, -0.25) is 4.79 Å². The summed E-state index contributed by atoms with van der Waals surface area (Å²) in [5.41, 5.74) is 0.588. The largest absolute Gasteiger partial charge is 0.392 e. The summed E-state index contributed by atoms with van der Waals surface area (Å²) >= 11 is 0. The second-order valence-corrected chi connectivity index (χ2v) is 7.26. The number of sulfonamides is 1. The van der Waals surface area contributed by atoms with E-state index in [0.717, 1.165) is 11.1 Å². The number of benzene rings is 2. The van der Waals surface area contributed by atoms with Crippen molar-refractivity contribution in [3.63, 3.8) is 0 Å². The van der Waals surface area contributed by atoms with Gasteiger partial charge < -0.3 is 5.11 Å². The molecule has 1 aliphatic heterocycles. The Morgan fingerprint density at radius 1 is 1.25 bits per heavy atom. The fraction of sp³-hybridized carbons (Fsp3) is 0.118. The van der Waals surface area contributed by atoms with Crippen molar-refractivity contribution >= 4 is 33.0 Å². The number of hydrazone groups is 1. The highest BCUT2D eigenvalue weighted by Crippen LogP contribution is 2.26. The number of carbonyl (C=O) groups is 1. The molecule has 0 spiro atoms. The van der Waals surface area contributed by atoms with E-state index in [-0.39, 0.29) is 21.9 Å². The first-order valence-electron chi connectivity index (χ1n) is 7.90. The van der Waals surface area contributed by atoms with Crippen molar-refractivity contribution in [1.82, 2.24) is 0 Å². The van der Waals surface area contributed by atoms with Crippen LogP contribution in [0.1, 0.15) is 5.56 Å². The molecule has 0 aliphatic carbocycles. The van der Waals surface area contributed by atoms with Crippen LogP contribution in [0.25, 0.3) is 0 Å². The Kier molecular flexibility index (Phi) is 5.27. The van der Waals surface area contributed by atoms with Gasteiger partial charge in [-0.1, -0.05) is 24.3 Å². The molecule has 3 N–H and O–H groups in total. The number of hydrogen-bond acceptors (Lipinski definition) is 8. The number of carbonyl (C=O) groups excluding carboxylic acids is 1. The lowest BCUT2D eigenvalue weighted by Crippen LogP contribution is -2.30. The molecule has 0 saturated carbocycles. The molecule has 11 heteroatoms. The Bertz CT molecular complexity index is 1120. The Hall–Kier alpha value is -3.46. The molecule has 1 aliphatic rings. The van der Waals surface area contributed by atoms with Gasteiger partial charge in [0, 0.05) is 5.56 Å². The number of nitrogens with two attached hydrogens (primary N) is 1. The predicted molar refractivity (Wildman–Crippen MR) is 99.0 cm³/mol. The van der Waals surface area contributed by atoms with Crippen LogP contribution in [-0.4, -0.2) is 31.2 Å². The Labute approximate surface area is 160 Å². The van der Waals surface area contributed by atoms with Gasteiger partial charge in [-0.2, -0.15) is 25.6 Å². The second kappa shape index (κ2) is 7.65. The van der Waals surface area contributed by atoms with E-state index in [1.807, 2.05) is 6.07 Å². The lowest BCUT2D eigenvalue weighted by molar-refractivity contribution is -0.117. The summed E-state index contributed by atoms with van der Waals surface area (Å²) in [5.74, 6) is -0.584. The topological polar surface area (TPSA) is 162 Å². The van der Waals surface area contributed by atoms with Crippen molar-refractivity contribution in [2.24, 2.45) is 20.5 Å². The summed E-state index contributed by atoms with van der Waals surface area (Å²) in [5, 5.41) is 36.5. The lowest BCUT2D eigenvalue weighted by atomic mass is 10.2. The number of amides is 1. The molecule has 0 saturated heterocycles. The van der Waals surface area contributed by atoms with Crippen LogP contribution in [0, 0.1) is 11.3 Å². The predicted octanol–water partition coefficient (Wildman–Crippen LogP) is 1.20. The molecule has 0 radical (unpaired) electrons. The summed E-state index contributed by atoms with van der Waals surface area (Å²) in [6, 6.07) is 12.7. The lowest BCUT2D eigenvalue weighted by Gasteiger charge is -2.11. The number of hydrogen-bond donors (Lipinski definition) is 2. The molecule has 142 valence electrons. The summed E-state index contributed by atoms with van der Waals surface area (Å²) < 4.78 is 23.0. The van der Waals surface area contributed by atoms with Gasteiger partial charge in [0.1, 0.15) is 6.07 Å². The van der Waals surface area contributed by atoms with Crippen LogP contribution in [0.15, 0.2) is 68.8 Å². The molecule has 1 unspecified atom stereocenters. The summed E-state index contributed by atoms with van der Waals surface area (Å²) in [7, 11) is -3.99. The molecule has 3 rings (SSSR count). The maximum absolute atomic E-state index is 12.6. The van der Waals surface area contributed by atoms with Crippen LogP contribution in [-0.2, 0) is 21.4 Å². The molecule has 28 heavy (non-hydrogen) atoms. The maximum Gasteiger partial charge on any atom is 0.281 e. The van der Waals surface area contributed by atoms with Crippen molar-refractivity contribution in [3.05, 3.63) is 54.1 Å². The highest BCUT2D eigenvalue weighted by molar-refractivity contribution is 7.89. The van der Waals surface area contributed by atoms with Crippen molar-refractivity contribution in [3.8, 4) is 6.07 Å². The standard InChI is InChI=1S/C17H14N6O4S/c18-9-15-16(17(25)23(22-15)12-4-2-1-3-5-12)21-20-14-8-13(28(19,26)27)7-6-11(14)10-24/h1-8,16,24H,10H2,(H2,19,26,27)/b21-20+. The van der Waals surface area contributed by atoms with Gasteiger partial charge in [0.05, 0.1) is 22.9 Å². The first kappa shape index (κ1) is 19.3. The van der Waals surface area contributed by atoms with E-state index in [1.54, 1.807) is 30.3 Å². The van der Waals surface area contributed by atoms with Crippen molar-refractivity contribution in [1.29, 1.82) is 5.26 Å². The minimum atomic E-state index is -3.99. The number of nitrogens with zero attached hydrogens (tertiary/aromatic N) is 5. The normalized spacial score (nSPS) is 17.0. The third kappa shape index (κ3) is 3.79. The van der Waals surface area contributed by atoms with Gasteiger partial charge in [-0.05, 0) is 24.3 Å². The number of nitriles is 1. The summed E-state index contributed by atoms with van der Waals surface area (Å²) in [6.45, 7) is -0.437. The Balaban J connectivity index is 1.95. The first-order valence-corrected chi connectivity index (χ1v) is 9.45. The monoisotopic (exact) mass is 398 g/mol. The zero-order valence-electron chi connectivity index (χ0n) is 14.3. The van der Waals surface area contributed by atoms with E-state index in [4.69, 9.17) is 5.14 Å². The van der Waals surface area contributed by atoms with Gasteiger partial charge in [-0.15, -0.1) is 0 Å². The zero-order valence-corrected chi connectivity index (χ0v) is 15.1. The number of rotatable bonds is 5. The summed E-state index contributed by atoms with van der Waals surface area (Å²) in [4.78, 5) is 12.4. The fourth-order valence-corrected chi connectivity index (χ4v) is 2.99. The van der Waals surface area contributed by atoms with Crippen LogP contribution in [0.3, 0.4) is 0 Å². The second-order valence-electron chi connectivity index (χ2n) is 5.69. The SMILES string of the molecule is N#CC1=NN(c2ccccc2)C(=O)C1/N=N/c1cc(S(N)(=O)=O)ccc1CO. The van der Waals surface area contributed by atoms with Crippen molar-refractivity contribution < 1.29 is 18.3 Å². The highest BCUT2D eigenvalue weighted by Gasteiger charge is 2.37. The molecular formula is C17H14N6O4S. The fourth-order valence-electron chi connectivity index (χ4n) is 2.45. The number of azo groups is 1. The number of aliphatic hydroxyl groups is 1. The van der Waals surface area contributed by atoms with E-state index in [2.05, 4.69) is 15.3 Å². The number of anilines is 1. The van der Waals surface area contributed by atoms with E-state index in [9.17, 15) is 23.6 Å². The molecule has 0 fully saturated rings. The maximum atomic E-state index is 12.6. The quantitative estimate of drug-likeness (QED) is 0.722. The average Bonchev–Trinajstić information content (AvgIpc) is 3.01. The molecule has 2 aromatic rings. The third-order valence-electron chi connectivity index (χ3n) is 3.86. The van der Waals surface area contributed by atoms with Crippen LogP contribution >= 0.6 is 0 Å². The van der Waals surface area contributed by atoms with Gasteiger partial charge in [0.25, 0.3) is 5.91 Å². The van der Waals surface area contributed by atoms with Gasteiger partial charge >= 0.3 is 0 Å². The molecule has 2 aromatic carbocycles. The summed E-state index contributed by atoms with van der Waals surface area (Å²) in [6.07, 6.45) is 0. The minimum Gasteiger partial charge on any atom is -0.392 e. The first-order chi connectivity index (χ1) is 13.3. The number of primary sulfonamides is 1. The highest BCUT2D eigenvalue weighted by atomic mass is 32.2. The number of aliphatic hydroxyl groups excluding tert-OH is 1. The molecule has 0 aromatic heterocycles. The molecule has 0 bridgehead atoms. The third-order valence-corrected chi connectivity index (χ3v) is 4.77. The molecule has 1 heterocycles. The van der Waals surface area contributed by atoms with E-state index in [0.29, 0.717) is 5.69 Å². The van der Waals surface area contributed by atoms with E-state index in [1.165, 1.54) is 12.1 Å². The van der Waals surface area contributed by atoms with Crippen molar-refractivity contribution in [2.75, 3.05) is 5.01 Å². The number of para-hydroxylation sites is 1. The molecule has 1 amide bonds. The van der Waals surface area contributed by atoms with Crippen LogP contribution in [0.2, 0.25) is 0 Å². The van der Waals surface area contributed by atoms with Gasteiger partial charge in [0.15, 0.2) is 5.71 Å². The molecular weight excluding hydrogens is 384 g/mol. The van der Waals surface area contributed by atoms with Crippen LogP contribution < -0.4 is 10.1 Å². The van der Waals surface area contributed by atoms with E-state index < -0.39 is 28.6 Å². The Morgan fingerprint density at radius 2 is 1.96 bits per heavy atom. The molecule has 1 atom stereocenters.